The molecule has 9 nitrogen and oxygen atoms in total. The molecule has 0 aliphatic carbocycles. The van der Waals surface area contributed by atoms with Crippen LogP contribution in [0.2, 0.25) is 10.0 Å². The normalized spacial score (nSPS) is 17.6. The number of amides is 3. The molecule has 3 heterocycles. The third-order valence-electron chi connectivity index (χ3n) is 14.0. The lowest BCUT2D eigenvalue weighted by atomic mass is 9.93. The maximum absolute atomic E-state index is 12.4. The van der Waals surface area contributed by atoms with Crippen molar-refractivity contribution in [2.45, 2.75) is 64.6 Å². The maximum Gasteiger partial charge on any atom is 0.251 e. The molecule has 3 atom stereocenters. The van der Waals surface area contributed by atoms with Crippen molar-refractivity contribution in [3.8, 4) is 0 Å². The lowest BCUT2D eigenvalue weighted by Crippen LogP contribution is -2.40. The van der Waals surface area contributed by atoms with Crippen molar-refractivity contribution in [3.63, 3.8) is 0 Å². The van der Waals surface area contributed by atoms with Gasteiger partial charge in [0.15, 0.2) is 0 Å². The Hall–Kier alpha value is -5.81. The van der Waals surface area contributed by atoms with Gasteiger partial charge in [-0.3, -0.25) is 29.1 Å². The highest BCUT2D eigenvalue weighted by Crippen LogP contribution is 2.31. The number of carbonyl (C=O) groups excluding carboxylic acids is 3. The molecule has 0 saturated carbocycles. The molecule has 3 unspecified atom stereocenters. The number of aryl methyl sites for hydroxylation is 3. The highest BCUT2D eigenvalue weighted by Gasteiger charge is 2.27. The molecule has 0 saturated heterocycles. The van der Waals surface area contributed by atoms with Gasteiger partial charge in [0, 0.05) is 56.0 Å². The van der Waals surface area contributed by atoms with Crippen molar-refractivity contribution in [2.24, 2.45) is 0 Å². The van der Waals surface area contributed by atoms with E-state index in [0.29, 0.717) is 35.2 Å². The van der Waals surface area contributed by atoms with Gasteiger partial charge in [-0.25, -0.2) is 0 Å². The Balaban J connectivity index is 0.000000153. The van der Waals surface area contributed by atoms with Crippen LogP contribution in [0.5, 0.6) is 0 Å². The predicted molar refractivity (Wildman–Crippen MR) is 282 cm³/mol. The van der Waals surface area contributed by atoms with Crippen molar-refractivity contribution in [2.75, 3.05) is 60.4 Å². The third kappa shape index (κ3) is 13.1. The van der Waals surface area contributed by atoms with E-state index in [1.165, 1.54) is 44.5 Å². The third-order valence-corrected chi connectivity index (χ3v) is 14.7. The number of nitrogens with one attached hydrogen (secondary N) is 3. The molecule has 0 fully saturated rings. The van der Waals surface area contributed by atoms with Crippen LogP contribution in [0.25, 0.3) is 0 Å². The summed E-state index contributed by atoms with van der Waals surface area (Å²) in [6, 6.07) is 44.8. The summed E-state index contributed by atoms with van der Waals surface area (Å²) in [5.74, 6) is -0.131. The summed E-state index contributed by atoms with van der Waals surface area (Å²) in [4.78, 5) is 44.1. The molecule has 11 heteroatoms. The summed E-state index contributed by atoms with van der Waals surface area (Å²) >= 11 is 11.9. The Kier molecular flexibility index (Phi) is 17.9. The van der Waals surface area contributed by atoms with Gasteiger partial charge < -0.3 is 16.0 Å². The molecule has 3 aliphatic heterocycles. The van der Waals surface area contributed by atoms with Crippen molar-refractivity contribution in [1.29, 1.82) is 0 Å². The van der Waals surface area contributed by atoms with Crippen molar-refractivity contribution >= 4 is 40.9 Å². The Morgan fingerprint density at radius 1 is 0.478 bits per heavy atom. The molecule has 6 aromatic rings. The van der Waals surface area contributed by atoms with E-state index in [1.54, 1.807) is 18.2 Å². The Labute approximate surface area is 419 Å². The molecular formula is C58H66Cl2N6O3. The fourth-order valence-electron chi connectivity index (χ4n) is 9.41. The van der Waals surface area contributed by atoms with Crippen LogP contribution in [0, 0.1) is 13.8 Å². The zero-order valence-corrected chi connectivity index (χ0v) is 42.3. The van der Waals surface area contributed by atoms with Gasteiger partial charge in [0.2, 0.25) is 0 Å². The SMILES string of the molecule is CCc1ccc(C(=O)NCC2c3ccccc3CCN2C)cc1.CN1CCc2ccccc2C1CNC(=O)c1ccc(Cl)c(Cl)c1.Cc1ccc(C(=O)NCC2c3ccccc3CCN2C)cc1C. The van der Waals surface area contributed by atoms with E-state index in [0.717, 1.165) is 62.0 Å². The highest BCUT2D eigenvalue weighted by atomic mass is 35.5. The summed E-state index contributed by atoms with van der Waals surface area (Å²) in [6.07, 6.45) is 4.19. The predicted octanol–water partition coefficient (Wildman–Crippen LogP) is 10.4. The van der Waals surface area contributed by atoms with E-state index in [9.17, 15) is 14.4 Å². The molecule has 3 aliphatic rings. The van der Waals surface area contributed by atoms with Crippen molar-refractivity contribution in [1.82, 2.24) is 30.7 Å². The summed E-state index contributed by atoms with van der Waals surface area (Å²) in [5, 5.41) is 10.0. The van der Waals surface area contributed by atoms with Gasteiger partial charge in [-0.1, -0.05) is 121 Å². The quantitative estimate of drug-likeness (QED) is 0.127. The fraction of sp³-hybridized carbons (Fsp3) is 0.328. The second-order valence-corrected chi connectivity index (χ2v) is 19.3. The lowest BCUT2D eigenvalue weighted by Gasteiger charge is -2.34. The number of hydrogen-bond donors (Lipinski definition) is 3. The van der Waals surface area contributed by atoms with Gasteiger partial charge in [0.25, 0.3) is 17.7 Å². The van der Waals surface area contributed by atoms with Gasteiger partial charge in [-0.05, 0) is 153 Å². The number of hydrogen-bond acceptors (Lipinski definition) is 6. The molecule has 69 heavy (non-hydrogen) atoms. The topological polar surface area (TPSA) is 97.0 Å². The minimum absolute atomic E-state index is 0.00380. The van der Waals surface area contributed by atoms with Crippen LogP contribution in [0.4, 0.5) is 0 Å². The number of likely N-dealkylation sites (N-methyl/N-ethyl adjacent to an activating group) is 3. The molecule has 3 N–H and O–H groups in total. The number of nitrogens with zero attached hydrogens (tertiary/aromatic N) is 3. The second-order valence-electron chi connectivity index (χ2n) is 18.4. The molecule has 360 valence electrons. The maximum atomic E-state index is 12.4. The Morgan fingerprint density at radius 3 is 1.26 bits per heavy atom. The van der Waals surface area contributed by atoms with Crippen LogP contribution in [0.15, 0.2) is 133 Å². The fourth-order valence-corrected chi connectivity index (χ4v) is 9.71. The molecular weight excluding hydrogens is 900 g/mol. The molecule has 6 aromatic carbocycles. The van der Waals surface area contributed by atoms with Crippen molar-refractivity contribution < 1.29 is 14.4 Å². The molecule has 9 rings (SSSR count). The summed E-state index contributed by atoms with van der Waals surface area (Å²) in [7, 11) is 6.34. The Morgan fingerprint density at radius 2 is 0.855 bits per heavy atom. The van der Waals surface area contributed by atoms with E-state index in [1.807, 2.05) is 55.5 Å². The highest BCUT2D eigenvalue weighted by molar-refractivity contribution is 6.42. The minimum Gasteiger partial charge on any atom is -0.350 e. The monoisotopic (exact) mass is 964 g/mol. The Bertz CT molecular complexity index is 2600. The van der Waals surface area contributed by atoms with E-state index in [2.05, 4.69) is 132 Å². The average molecular weight is 966 g/mol. The van der Waals surface area contributed by atoms with E-state index >= 15 is 0 Å². The van der Waals surface area contributed by atoms with Gasteiger partial charge in [0.1, 0.15) is 0 Å². The standard InChI is InChI=1S/2C20H24N2O.C18H18Cl2N2O/c1-14-8-9-17(12-15(14)2)20(23)21-13-19-18-7-5-4-6-16(18)10-11-22(19)3;1-3-15-8-10-17(11-9-15)20(23)21-14-19-18-7-5-4-6-16(18)12-13-22(19)2;1-22-9-8-12-4-2-3-5-14(12)17(22)11-21-18(23)13-6-7-15(19)16(20)10-13/h4-9,12,19H,10-11,13H2,1-3H3,(H,21,23);4-11,19H,3,12-14H2,1-2H3,(H,21,23);2-7,10,17H,8-9,11H2,1H3,(H,21,23). The first kappa shape index (κ1) is 51.1. The smallest absolute Gasteiger partial charge is 0.251 e. The van der Waals surface area contributed by atoms with E-state index in [-0.39, 0.29) is 35.8 Å². The molecule has 3 amide bonds. The van der Waals surface area contributed by atoms with Crippen LogP contribution >= 0.6 is 23.2 Å². The van der Waals surface area contributed by atoms with Gasteiger partial charge in [-0.2, -0.15) is 0 Å². The first-order valence-corrected chi connectivity index (χ1v) is 24.9. The molecule has 0 radical (unpaired) electrons. The number of rotatable bonds is 10. The van der Waals surface area contributed by atoms with Crippen molar-refractivity contribution in [3.05, 3.63) is 210 Å². The lowest BCUT2D eigenvalue weighted by molar-refractivity contribution is 0.0928. The molecule has 0 spiro atoms. The van der Waals surface area contributed by atoms with Gasteiger partial charge in [0.05, 0.1) is 28.2 Å². The number of benzene rings is 6. The molecule has 0 bridgehead atoms. The van der Waals surface area contributed by atoms with Gasteiger partial charge in [-0.15, -0.1) is 0 Å². The number of halogens is 2. The van der Waals surface area contributed by atoms with Crippen LogP contribution in [-0.2, 0) is 25.7 Å². The van der Waals surface area contributed by atoms with Crippen LogP contribution in [0.1, 0.15) is 106 Å². The van der Waals surface area contributed by atoms with Crippen LogP contribution in [0.3, 0.4) is 0 Å². The largest absolute Gasteiger partial charge is 0.350 e. The van der Waals surface area contributed by atoms with Gasteiger partial charge >= 0.3 is 0 Å². The minimum atomic E-state index is -0.139. The van der Waals surface area contributed by atoms with E-state index in [4.69, 9.17) is 23.2 Å². The molecule has 0 aromatic heterocycles. The number of fused-ring (bicyclic) bond motifs is 3. The van der Waals surface area contributed by atoms with E-state index < -0.39 is 0 Å². The number of carbonyl (C=O) groups is 3. The summed E-state index contributed by atoms with van der Waals surface area (Å²) < 4.78 is 0. The summed E-state index contributed by atoms with van der Waals surface area (Å²) in [5.41, 5.74) is 13.7. The second kappa shape index (κ2) is 24.2. The van der Waals surface area contributed by atoms with Crippen LogP contribution in [-0.4, -0.2) is 92.8 Å². The zero-order valence-electron chi connectivity index (χ0n) is 40.8. The average Bonchev–Trinajstić information content (AvgIpc) is 3.37. The first-order chi connectivity index (χ1) is 33.3. The first-order valence-electron chi connectivity index (χ1n) is 24.1. The zero-order chi connectivity index (χ0) is 49.0. The summed E-state index contributed by atoms with van der Waals surface area (Å²) in [6.45, 7) is 11.1. The van der Waals surface area contributed by atoms with Crippen LogP contribution < -0.4 is 16.0 Å².